The lowest BCUT2D eigenvalue weighted by Crippen LogP contribution is -2.15. The Bertz CT molecular complexity index is 1160. The van der Waals surface area contributed by atoms with Gasteiger partial charge in [0.2, 0.25) is 0 Å². The van der Waals surface area contributed by atoms with Crippen molar-refractivity contribution in [2.75, 3.05) is 5.32 Å². The second-order valence-corrected chi connectivity index (χ2v) is 6.50. The number of para-hydroxylation sites is 2. The van der Waals surface area contributed by atoms with Crippen molar-refractivity contribution in [3.63, 3.8) is 0 Å². The molecule has 3 aromatic carbocycles. The molecule has 0 aliphatic heterocycles. The Labute approximate surface area is 171 Å². The van der Waals surface area contributed by atoms with E-state index in [1.54, 1.807) is 10.9 Å². The zero-order valence-electron chi connectivity index (χ0n) is 15.8. The van der Waals surface area contributed by atoms with Crippen LogP contribution in [0, 0.1) is 11.6 Å². The van der Waals surface area contributed by atoms with Gasteiger partial charge in [-0.15, -0.1) is 0 Å². The Morgan fingerprint density at radius 1 is 0.933 bits per heavy atom. The number of carbonyl (C=O) groups is 1. The summed E-state index contributed by atoms with van der Waals surface area (Å²) in [6.45, 7) is 0.382. The molecule has 0 saturated carbocycles. The third-order valence-electron chi connectivity index (χ3n) is 4.36. The van der Waals surface area contributed by atoms with Crippen LogP contribution in [0.3, 0.4) is 0 Å². The van der Waals surface area contributed by atoms with E-state index in [0.29, 0.717) is 23.7 Å². The summed E-state index contributed by atoms with van der Waals surface area (Å²) in [7, 11) is 0. The number of nitrogens with one attached hydrogen (secondary N) is 1. The van der Waals surface area contributed by atoms with E-state index in [0.717, 1.165) is 17.7 Å². The highest BCUT2D eigenvalue weighted by molar-refractivity contribution is 6.04. The third kappa shape index (κ3) is 4.35. The minimum absolute atomic E-state index is 0.323. The summed E-state index contributed by atoms with van der Waals surface area (Å²) in [6, 6.07) is 20.2. The molecule has 0 aliphatic carbocycles. The molecule has 150 valence electrons. The van der Waals surface area contributed by atoms with Gasteiger partial charge in [-0.3, -0.25) is 9.48 Å². The van der Waals surface area contributed by atoms with Gasteiger partial charge in [0.15, 0.2) is 0 Å². The van der Waals surface area contributed by atoms with Crippen LogP contribution in [0.4, 0.5) is 14.5 Å². The Morgan fingerprint density at radius 2 is 1.63 bits per heavy atom. The number of hydrogen-bond donors (Lipinski definition) is 1. The zero-order valence-corrected chi connectivity index (χ0v) is 15.8. The van der Waals surface area contributed by atoms with E-state index in [-0.39, 0.29) is 0 Å². The van der Waals surface area contributed by atoms with Gasteiger partial charge in [-0.1, -0.05) is 42.5 Å². The topological polar surface area (TPSA) is 56.2 Å². The number of anilines is 1. The molecule has 0 unspecified atom stereocenters. The zero-order chi connectivity index (χ0) is 20.9. The molecule has 1 amide bonds. The largest absolute Gasteiger partial charge is 0.457 e. The number of ether oxygens (including phenoxy) is 1. The minimum Gasteiger partial charge on any atom is -0.457 e. The summed E-state index contributed by atoms with van der Waals surface area (Å²) < 4.78 is 35.1. The van der Waals surface area contributed by atoms with E-state index in [1.807, 2.05) is 54.6 Å². The number of carbonyl (C=O) groups excluding carboxylic acids is 1. The van der Waals surface area contributed by atoms with Gasteiger partial charge in [0.25, 0.3) is 5.91 Å². The lowest BCUT2D eigenvalue weighted by molar-refractivity contribution is 0.101. The third-order valence-corrected chi connectivity index (χ3v) is 4.36. The molecular formula is C23H17F2N3O2. The molecule has 30 heavy (non-hydrogen) atoms. The number of hydrogen-bond acceptors (Lipinski definition) is 3. The predicted octanol–water partition coefficient (Wildman–Crippen LogP) is 5.25. The second kappa shape index (κ2) is 8.57. The molecule has 7 heteroatoms. The smallest absolute Gasteiger partial charge is 0.261 e. The van der Waals surface area contributed by atoms with Crippen molar-refractivity contribution >= 4 is 11.6 Å². The molecule has 0 fully saturated rings. The lowest BCUT2D eigenvalue weighted by Gasteiger charge is -2.11. The van der Waals surface area contributed by atoms with E-state index in [2.05, 4.69) is 10.4 Å². The maximum absolute atomic E-state index is 13.8. The number of aromatic nitrogens is 2. The molecule has 4 rings (SSSR count). The summed E-state index contributed by atoms with van der Waals surface area (Å²) in [5.74, 6) is -1.33. The van der Waals surface area contributed by atoms with Crippen LogP contribution in [-0.2, 0) is 6.54 Å². The van der Waals surface area contributed by atoms with Crippen molar-refractivity contribution < 1.29 is 18.3 Å². The Morgan fingerprint density at radius 3 is 2.40 bits per heavy atom. The summed E-state index contributed by atoms with van der Waals surface area (Å²) >= 11 is 0. The van der Waals surface area contributed by atoms with Crippen LogP contribution in [0.5, 0.6) is 11.5 Å². The van der Waals surface area contributed by atoms with Crippen LogP contribution in [0.15, 0.2) is 85.2 Å². The maximum Gasteiger partial charge on any atom is 0.261 e. The molecule has 1 aromatic heterocycles. The van der Waals surface area contributed by atoms with Crippen molar-refractivity contribution in [1.82, 2.24) is 9.78 Å². The second-order valence-electron chi connectivity index (χ2n) is 6.50. The number of halogens is 2. The van der Waals surface area contributed by atoms with Crippen LogP contribution in [0.1, 0.15) is 15.9 Å². The molecule has 4 aromatic rings. The molecule has 0 spiro atoms. The first kappa shape index (κ1) is 19.3. The minimum atomic E-state index is -0.924. The average Bonchev–Trinajstić information content (AvgIpc) is 3.17. The Kier molecular flexibility index (Phi) is 5.52. The molecular weight excluding hydrogens is 388 g/mol. The Hall–Kier alpha value is -4.00. The first-order valence-corrected chi connectivity index (χ1v) is 9.19. The monoisotopic (exact) mass is 405 g/mol. The van der Waals surface area contributed by atoms with Crippen LogP contribution in [0.2, 0.25) is 0 Å². The van der Waals surface area contributed by atoms with Gasteiger partial charge < -0.3 is 10.1 Å². The fraction of sp³-hybridized carbons (Fsp3) is 0.0435. The van der Waals surface area contributed by atoms with Crippen molar-refractivity contribution in [3.05, 3.63) is 108 Å². The number of rotatable bonds is 6. The van der Waals surface area contributed by atoms with Crippen LogP contribution in [0.25, 0.3) is 0 Å². The first-order chi connectivity index (χ1) is 14.6. The quantitative estimate of drug-likeness (QED) is 0.476. The fourth-order valence-electron chi connectivity index (χ4n) is 2.95. The van der Waals surface area contributed by atoms with Gasteiger partial charge in [0, 0.05) is 11.8 Å². The highest BCUT2D eigenvalue weighted by Gasteiger charge is 2.17. The normalized spacial score (nSPS) is 10.6. The van der Waals surface area contributed by atoms with Gasteiger partial charge >= 0.3 is 0 Å². The standard InChI is InChI=1S/C23H17F2N3O2/c24-19-10-6-11-20(25)22(19)23(29)27-17-13-26-28(15-17)14-16-7-4-5-12-21(16)30-18-8-2-1-3-9-18/h1-13,15H,14H2,(H,27,29). The van der Waals surface area contributed by atoms with Crippen LogP contribution in [-0.4, -0.2) is 15.7 Å². The fourth-order valence-corrected chi connectivity index (χ4v) is 2.95. The molecule has 1 N–H and O–H groups in total. The molecule has 5 nitrogen and oxygen atoms in total. The highest BCUT2D eigenvalue weighted by Crippen LogP contribution is 2.26. The summed E-state index contributed by atoms with van der Waals surface area (Å²) in [5, 5.41) is 6.68. The highest BCUT2D eigenvalue weighted by atomic mass is 19.1. The first-order valence-electron chi connectivity index (χ1n) is 9.19. The van der Waals surface area contributed by atoms with Crippen molar-refractivity contribution in [2.45, 2.75) is 6.54 Å². The van der Waals surface area contributed by atoms with Gasteiger partial charge in [-0.2, -0.15) is 5.10 Å². The van der Waals surface area contributed by atoms with E-state index < -0.39 is 23.1 Å². The van der Waals surface area contributed by atoms with Crippen molar-refractivity contribution in [1.29, 1.82) is 0 Å². The molecule has 1 heterocycles. The summed E-state index contributed by atoms with van der Waals surface area (Å²) in [5.41, 5.74) is 0.568. The maximum atomic E-state index is 13.8. The van der Waals surface area contributed by atoms with E-state index >= 15 is 0 Å². The molecule has 0 aliphatic rings. The van der Waals surface area contributed by atoms with E-state index in [1.165, 1.54) is 12.3 Å². The predicted molar refractivity (Wildman–Crippen MR) is 109 cm³/mol. The van der Waals surface area contributed by atoms with Gasteiger partial charge in [-0.25, -0.2) is 8.78 Å². The summed E-state index contributed by atoms with van der Waals surface area (Å²) in [4.78, 5) is 12.2. The number of nitrogens with zero attached hydrogens (tertiary/aromatic N) is 2. The van der Waals surface area contributed by atoms with Gasteiger partial charge in [0.1, 0.15) is 28.7 Å². The van der Waals surface area contributed by atoms with Gasteiger partial charge in [-0.05, 0) is 30.3 Å². The number of amides is 1. The average molecular weight is 405 g/mol. The molecule has 0 bridgehead atoms. The van der Waals surface area contributed by atoms with E-state index in [4.69, 9.17) is 4.74 Å². The SMILES string of the molecule is O=C(Nc1cnn(Cc2ccccc2Oc2ccccc2)c1)c1c(F)cccc1F. The Balaban J connectivity index is 1.49. The molecule has 0 saturated heterocycles. The van der Waals surface area contributed by atoms with Crippen LogP contribution < -0.4 is 10.1 Å². The molecule has 0 atom stereocenters. The van der Waals surface area contributed by atoms with Crippen molar-refractivity contribution in [2.24, 2.45) is 0 Å². The lowest BCUT2D eigenvalue weighted by atomic mass is 10.2. The summed E-state index contributed by atoms with van der Waals surface area (Å²) in [6.07, 6.45) is 2.99. The van der Waals surface area contributed by atoms with Crippen LogP contribution >= 0.6 is 0 Å². The van der Waals surface area contributed by atoms with Crippen molar-refractivity contribution in [3.8, 4) is 11.5 Å². The van der Waals surface area contributed by atoms with Gasteiger partial charge in [0.05, 0.1) is 18.4 Å². The molecule has 0 radical (unpaired) electrons. The van der Waals surface area contributed by atoms with E-state index in [9.17, 15) is 13.6 Å². The number of benzene rings is 3.